The van der Waals surface area contributed by atoms with Crippen LogP contribution in [0.15, 0.2) is 0 Å². The van der Waals surface area contributed by atoms with Crippen LogP contribution in [0.5, 0.6) is 0 Å². The normalized spacial score (nSPS) is 18.9. The molecule has 0 radical (unpaired) electrons. The van der Waals surface area contributed by atoms with E-state index in [1.165, 1.54) is 4.31 Å². The Balaban J connectivity index is 2.36. The van der Waals surface area contributed by atoms with Crippen LogP contribution in [0.1, 0.15) is 32.6 Å². The number of ether oxygens (including phenoxy) is 1. The summed E-state index contributed by atoms with van der Waals surface area (Å²) in [5.74, 6) is -0.794. The summed E-state index contributed by atoms with van der Waals surface area (Å²) in [7, 11) is -3.14. The van der Waals surface area contributed by atoms with Gasteiger partial charge in [0.05, 0.1) is 11.9 Å². The predicted molar refractivity (Wildman–Crippen MR) is 66.9 cm³/mol. The van der Waals surface area contributed by atoms with Gasteiger partial charge in [0.1, 0.15) is 6.61 Å². The average molecular weight is 279 g/mol. The van der Waals surface area contributed by atoms with Crippen molar-refractivity contribution in [1.29, 1.82) is 0 Å². The summed E-state index contributed by atoms with van der Waals surface area (Å²) in [4.78, 5) is 10.4. The number of rotatable bonds is 7. The minimum atomic E-state index is -3.14. The molecule has 1 saturated heterocycles. The van der Waals surface area contributed by atoms with Crippen LogP contribution in [-0.4, -0.2) is 55.4 Å². The molecular weight excluding hydrogens is 258 g/mol. The molecule has 0 aromatic rings. The molecule has 0 aromatic carbocycles. The molecule has 1 rings (SSSR count). The van der Waals surface area contributed by atoms with Crippen LogP contribution < -0.4 is 0 Å². The largest absolute Gasteiger partial charge is 0.480 e. The maximum absolute atomic E-state index is 11.9. The van der Waals surface area contributed by atoms with E-state index in [-0.39, 0.29) is 18.5 Å². The molecule has 6 nitrogen and oxygen atoms in total. The van der Waals surface area contributed by atoms with Gasteiger partial charge in [-0.2, -0.15) is 0 Å². The van der Waals surface area contributed by atoms with Gasteiger partial charge < -0.3 is 9.84 Å². The van der Waals surface area contributed by atoms with Gasteiger partial charge >= 0.3 is 5.97 Å². The molecule has 0 spiro atoms. The van der Waals surface area contributed by atoms with E-state index in [0.717, 1.165) is 6.42 Å². The maximum Gasteiger partial charge on any atom is 0.329 e. The lowest BCUT2D eigenvalue weighted by Gasteiger charge is -2.30. The van der Waals surface area contributed by atoms with Gasteiger partial charge in [0.15, 0.2) is 0 Å². The first-order chi connectivity index (χ1) is 8.45. The van der Waals surface area contributed by atoms with Crippen molar-refractivity contribution in [2.24, 2.45) is 0 Å². The van der Waals surface area contributed by atoms with Crippen molar-refractivity contribution in [2.75, 3.05) is 25.4 Å². The first kappa shape index (κ1) is 15.4. The maximum atomic E-state index is 11.9. The van der Waals surface area contributed by atoms with Gasteiger partial charge in [-0.3, -0.25) is 0 Å². The number of unbranched alkanes of at least 4 members (excludes halogenated alkanes) is 1. The second-order valence-corrected chi connectivity index (χ2v) is 6.56. The highest BCUT2D eigenvalue weighted by Gasteiger charge is 2.27. The number of hydrogen-bond acceptors (Lipinski definition) is 4. The van der Waals surface area contributed by atoms with Gasteiger partial charge in [-0.1, -0.05) is 13.3 Å². The van der Waals surface area contributed by atoms with Crippen molar-refractivity contribution >= 4 is 16.0 Å². The summed E-state index contributed by atoms with van der Waals surface area (Å²) >= 11 is 0. The third-order valence-corrected chi connectivity index (χ3v) is 4.95. The topological polar surface area (TPSA) is 83.9 Å². The quantitative estimate of drug-likeness (QED) is 0.741. The zero-order valence-corrected chi connectivity index (χ0v) is 11.5. The highest BCUT2D eigenvalue weighted by Crippen LogP contribution is 2.17. The Bertz CT molecular complexity index is 360. The number of aliphatic carboxylic acids is 1. The minimum absolute atomic E-state index is 0.140. The van der Waals surface area contributed by atoms with Crippen LogP contribution in [0.4, 0.5) is 0 Å². The second kappa shape index (κ2) is 7.06. The molecule has 0 saturated carbocycles. The monoisotopic (exact) mass is 279 g/mol. The molecule has 0 aliphatic carbocycles. The van der Waals surface area contributed by atoms with Crippen molar-refractivity contribution in [3.8, 4) is 0 Å². The van der Waals surface area contributed by atoms with Crippen LogP contribution in [-0.2, 0) is 19.6 Å². The predicted octanol–water partition coefficient (Wildman–Crippen LogP) is 0.682. The Morgan fingerprint density at radius 3 is 2.50 bits per heavy atom. The summed E-state index contributed by atoms with van der Waals surface area (Å²) in [5, 5.41) is 8.49. The molecule has 1 fully saturated rings. The minimum Gasteiger partial charge on any atom is -0.480 e. The van der Waals surface area contributed by atoms with Crippen molar-refractivity contribution in [3.63, 3.8) is 0 Å². The SMILES string of the molecule is CCCCS(=O)(=O)N1CCC(OCC(=O)O)CC1. The number of sulfonamides is 1. The Kier molecular flexibility index (Phi) is 6.04. The number of carboxylic acids is 1. The Hall–Kier alpha value is -0.660. The highest BCUT2D eigenvalue weighted by molar-refractivity contribution is 7.89. The van der Waals surface area contributed by atoms with E-state index < -0.39 is 16.0 Å². The third kappa shape index (κ3) is 4.91. The molecule has 1 heterocycles. The zero-order chi connectivity index (χ0) is 13.6. The van der Waals surface area contributed by atoms with Gasteiger partial charge in [0.25, 0.3) is 0 Å². The van der Waals surface area contributed by atoms with Crippen LogP contribution in [0, 0.1) is 0 Å². The molecular formula is C11H21NO5S. The Labute approximate surface area is 108 Å². The van der Waals surface area contributed by atoms with Gasteiger partial charge in [-0.15, -0.1) is 0 Å². The molecule has 106 valence electrons. The highest BCUT2D eigenvalue weighted by atomic mass is 32.2. The summed E-state index contributed by atoms with van der Waals surface area (Å²) in [6.45, 7) is 2.50. The molecule has 0 unspecified atom stereocenters. The van der Waals surface area contributed by atoms with Crippen molar-refractivity contribution in [1.82, 2.24) is 4.31 Å². The fourth-order valence-corrected chi connectivity index (χ4v) is 3.60. The molecule has 0 bridgehead atoms. The van der Waals surface area contributed by atoms with Gasteiger partial charge in [0.2, 0.25) is 10.0 Å². The van der Waals surface area contributed by atoms with E-state index in [9.17, 15) is 13.2 Å². The van der Waals surface area contributed by atoms with Gasteiger partial charge in [-0.05, 0) is 19.3 Å². The van der Waals surface area contributed by atoms with E-state index in [4.69, 9.17) is 9.84 Å². The summed E-state index contributed by atoms with van der Waals surface area (Å²) in [6.07, 6.45) is 2.53. The number of carboxylic acid groups (broad SMARTS) is 1. The Morgan fingerprint density at radius 2 is 2.00 bits per heavy atom. The molecule has 0 amide bonds. The number of hydrogen-bond donors (Lipinski definition) is 1. The Morgan fingerprint density at radius 1 is 1.39 bits per heavy atom. The summed E-state index contributed by atoms with van der Waals surface area (Å²) in [6, 6.07) is 0. The number of piperidine rings is 1. The second-order valence-electron chi connectivity index (χ2n) is 4.47. The number of nitrogens with zero attached hydrogens (tertiary/aromatic N) is 1. The first-order valence-corrected chi connectivity index (χ1v) is 7.88. The number of carbonyl (C=O) groups is 1. The van der Waals surface area contributed by atoms with Gasteiger partial charge in [0, 0.05) is 13.1 Å². The zero-order valence-electron chi connectivity index (χ0n) is 10.7. The van der Waals surface area contributed by atoms with Crippen molar-refractivity contribution in [3.05, 3.63) is 0 Å². The molecule has 0 aromatic heterocycles. The molecule has 1 aliphatic rings. The third-order valence-electron chi connectivity index (χ3n) is 2.99. The van der Waals surface area contributed by atoms with E-state index in [2.05, 4.69) is 0 Å². The van der Waals surface area contributed by atoms with Crippen LogP contribution in [0.25, 0.3) is 0 Å². The molecule has 1 aliphatic heterocycles. The fraction of sp³-hybridized carbons (Fsp3) is 0.909. The van der Waals surface area contributed by atoms with E-state index >= 15 is 0 Å². The molecule has 18 heavy (non-hydrogen) atoms. The van der Waals surface area contributed by atoms with Crippen molar-refractivity contribution in [2.45, 2.75) is 38.7 Å². The fourth-order valence-electron chi connectivity index (χ4n) is 1.92. The van der Waals surface area contributed by atoms with E-state index in [0.29, 0.717) is 32.4 Å². The van der Waals surface area contributed by atoms with Crippen molar-refractivity contribution < 1.29 is 23.1 Å². The van der Waals surface area contributed by atoms with E-state index in [1.807, 2.05) is 6.92 Å². The lowest BCUT2D eigenvalue weighted by Crippen LogP contribution is -2.42. The van der Waals surface area contributed by atoms with Crippen LogP contribution in [0.2, 0.25) is 0 Å². The molecule has 1 N–H and O–H groups in total. The summed E-state index contributed by atoms with van der Waals surface area (Å²) < 4.78 is 30.5. The first-order valence-electron chi connectivity index (χ1n) is 6.27. The van der Waals surface area contributed by atoms with Crippen LogP contribution >= 0.6 is 0 Å². The standard InChI is InChI=1S/C11H21NO5S/c1-2-3-8-18(15,16)12-6-4-10(5-7-12)17-9-11(13)14/h10H,2-9H2,1H3,(H,13,14). The van der Waals surface area contributed by atoms with Gasteiger partial charge in [-0.25, -0.2) is 17.5 Å². The lowest BCUT2D eigenvalue weighted by atomic mass is 10.1. The molecule has 0 atom stereocenters. The molecule has 7 heteroatoms. The average Bonchev–Trinajstić information content (AvgIpc) is 2.34. The van der Waals surface area contributed by atoms with E-state index in [1.54, 1.807) is 0 Å². The summed E-state index contributed by atoms with van der Waals surface area (Å²) in [5.41, 5.74) is 0. The van der Waals surface area contributed by atoms with Crippen LogP contribution in [0.3, 0.4) is 0 Å². The smallest absolute Gasteiger partial charge is 0.329 e. The lowest BCUT2D eigenvalue weighted by molar-refractivity contribution is -0.145.